The molecule has 0 aromatic carbocycles. The number of rotatable bonds is 10. The average Bonchev–Trinajstić information content (AvgIpc) is 2.44. The lowest BCUT2D eigenvalue weighted by molar-refractivity contribution is -0.133. The number of carbonyl (C=O) groups is 1. The predicted molar refractivity (Wildman–Crippen MR) is 78.7 cm³/mol. The zero-order valence-electron chi connectivity index (χ0n) is 13.0. The van der Waals surface area contributed by atoms with Crippen molar-refractivity contribution < 1.29 is 4.79 Å². The van der Waals surface area contributed by atoms with Crippen LogP contribution in [0, 0.1) is 17.2 Å². The summed E-state index contributed by atoms with van der Waals surface area (Å²) in [6.45, 7) is 12.9. The summed E-state index contributed by atoms with van der Waals surface area (Å²) in [4.78, 5) is 16.4. The third-order valence-corrected chi connectivity index (χ3v) is 3.52. The van der Waals surface area contributed by atoms with Crippen LogP contribution in [0.2, 0.25) is 0 Å². The Morgan fingerprint density at radius 3 is 2.16 bits per heavy atom. The van der Waals surface area contributed by atoms with Crippen LogP contribution in [0.1, 0.15) is 47.0 Å². The molecule has 0 aromatic heterocycles. The van der Waals surface area contributed by atoms with Crippen molar-refractivity contribution >= 4 is 5.91 Å². The molecule has 0 heterocycles. The maximum Gasteiger partial charge on any atom is 0.239 e. The van der Waals surface area contributed by atoms with Crippen LogP contribution in [0.3, 0.4) is 0 Å². The summed E-state index contributed by atoms with van der Waals surface area (Å²) in [7, 11) is 0. The first-order valence-corrected chi connectivity index (χ1v) is 7.55. The van der Waals surface area contributed by atoms with E-state index in [0.717, 1.165) is 39.0 Å². The SMILES string of the molecule is CCCC(C#N)C(=O)N(CC)CCCN(CC)CC. The molecule has 0 saturated carbocycles. The second-order valence-electron chi connectivity index (χ2n) is 4.77. The lowest BCUT2D eigenvalue weighted by Crippen LogP contribution is -2.37. The van der Waals surface area contributed by atoms with E-state index in [2.05, 4.69) is 24.8 Å². The summed E-state index contributed by atoms with van der Waals surface area (Å²) in [5.74, 6) is -0.454. The van der Waals surface area contributed by atoms with Gasteiger partial charge in [-0.1, -0.05) is 27.2 Å². The van der Waals surface area contributed by atoms with E-state index >= 15 is 0 Å². The Hall–Kier alpha value is -1.08. The molecule has 0 radical (unpaired) electrons. The van der Waals surface area contributed by atoms with Crippen LogP contribution in [-0.4, -0.2) is 48.4 Å². The molecular weight excluding hydrogens is 238 g/mol. The Morgan fingerprint density at radius 1 is 1.11 bits per heavy atom. The van der Waals surface area contributed by atoms with Crippen LogP contribution in [0.15, 0.2) is 0 Å². The van der Waals surface area contributed by atoms with Gasteiger partial charge in [-0.25, -0.2) is 0 Å². The molecule has 4 heteroatoms. The second-order valence-corrected chi connectivity index (χ2v) is 4.77. The zero-order valence-corrected chi connectivity index (χ0v) is 13.0. The Labute approximate surface area is 118 Å². The van der Waals surface area contributed by atoms with Gasteiger partial charge in [0.15, 0.2) is 0 Å². The van der Waals surface area contributed by atoms with Crippen molar-refractivity contribution in [3.63, 3.8) is 0 Å². The third-order valence-electron chi connectivity index (χ3n) is 3.52. The van der Waals surface area contributed by atoms with E-state index in [-0.39, 0.29) is 5.91 Å². The van der Waals surface area contributed by atoms with Gasteiger partial charge < -0.3 is 9.80 Å². The van der Waals surface area contributed by atoms with Crippen LogP contribution in [0.4, 0.5) is 0 Å². The quantitative estimate of drug-likeness (QED) is 0.611. The Bertz CT molecular complexity index is 282. The number of hydrogen-bond donors (Lipinski definition) is 0. The van der Waals surface area contributed by atoms with Crippen LogP contribution in [0.25, 0.3) is 0 Å². The minimum absolute atomic E-state index is 0.00592. The fourth-order valence-electron chi connectivity index (χ4n) is 2.20. The summed E-state index contributed by atoms with van der Waals surface area (Å²) in [6, 6.07) is 2.14. The largest absolute Gasteiger partial charge is 0.342 e. The summed E-state index contributed by atoms with van der Waals surface area (Å²) < 4.78 is 0. The Morgan fingerprint density at radius 2 is 1.74 bits per heavy atom. The molecule has 0 rings (SSSR count). The van der Waals surface area contributed by atoms with Crippen molar-refractivity contribution in [3.05, 3.63) is 0 Å². The lowest BCUT2D eigenvalue weighted by atomic mass is 10.0. The average molecular weight is 267 g/mol. The van der Waals surface area contributed by atoms with Gasteiger partial charge in [0.05, 0.1) is 6.07 Å². The molecule has 0 aliphatic rings. The van der Waals surface area contributed by atoms with Crippen LogP contribution >= 0.6 is 0 Å². The smallest absolute Gasteiger partial charge is 0.239 e. The standard InChI is InChI=1S/C15H29N3O/c1-5-10-14(13-16)15(19)18(8-4)12-9-11-17(6-2)7-3/h14H,5-12H2,1-4H3. The normalized spacial score (nSPS) is 12.2. The molecule has 0 aliphatic carbocycles. The van der Waals surface area contributed by atoms with Gasteiger partial charge >= 0.3 is 0 Å². The van der Waals surface area contributed by atoms with Crippen molar-refractivity contribution in [2.24, 2.45) is 5.92 Å². The number of carbonyl (C=O) groups excluding carboxylic acids is 1. The summed E-state index contributed by atoms with van der Waals surface area (Å²) in [5, 5.41) is 9.06. The molecule has 0 aromatic rings. The number of amides is 1. The molecule has 0 saturated heterocycles. The molecule has 1 unspecified atom stereocenters. The van der Waals surface area contributed by atoms with E-state index in [1.807, 2.05) is 18.7 Å². The Balaban J connectivity index is 4.26. The molecule has 0 aliphatic heterocycles. The highest BCUT2D eigenvalue weighted by Gasteiger charge is 2.22. The Kier molecular flexibility index (Phi) is 10.2. The topological polar surface area (TPSA) is 47.3 Å². The van der Waals surface area contributed by atoms with E-state index in [1.165, 1.54) is 0 Å². The second kappa shape index (κ2) is 10.8. The van der Waals surface area contributed by atoms with Gasteiger partial charge in [0.25, 0.3) is 0 Å². The van der Waals surface area contributed by atoms with Crippen LogP contribution in [-0.2, 0) is 4.79 Å². The van der Waals surface area contributed by atoms with Crippen LogP contribution in [0.5, 0.6) is 0 Å². The van der Waals surface area contributed by atoms with Crippen molar-refractivity contribution in [1.29, 1.82) is 5.26 Å². The van der Waals surface area contributed by atoms with Gasteiger partial charge in [-0.05, 0) is 39.4 Å². The van der Waals surface area contributed by atoms with Crippen molar-refractivity contribution in [2.75, 3.05) is 32.7 Å². The monoisotopic (exact) mass is 267 g/mol. The van der Waals surface area contributed by atoms with E-state index < -0.39 is 5.92 Å². The minimum Gasteiger partial charge on any atom is -0.342 e. The van der Waals surface area contributed by atoms with Gasteiger partial charge in [-0.3, -0.25) is 4.79 Å². The molecule has 110 valence electrons. The predicted octanol–water partition coefficient (Wildman–Crippen LogP) is 2.51. The molecule has 19 heavy (non-hydrogen) atoms. The highest BCUT2D eigenvalue weighted by molar-refractivity contribution is 5.81. The highest BCUT2D eigenvalue weighted by atomic mass is 16.2. The van der Waals surface area contributed by atoms with E-state index in [4.69, 9.17) is 5.26 Å². The first kappa shape index (κ1) is 17.9. The summed E-state index contributed by atoms with van der Waals surface area (Å²) >= 11 is 0. The van der Waals surface area contributed by atoms with Crippen LogP contribution < -0.4 is 0 Å². The molecular formula is C15H29N3O. The molecule has 0 fully saturated rings. The van der Waals surface area contributed by atoms with E-state index in [0.29, 0.717) is 13.0 Å². The first-order valence-electron chi connectivity index (χ1n) is 7.55. The number of hydrogen-bond acceptors (Lipinski definition) is 3. The van der Waals surface area contributed by atoms with Gasteiger partial charge in [0.2, 0.25) is 5.91 Å². The van der Waals surface area contributed by atoms with Gasteiger partial charge in [-0.2, -0.15) is 5.26 Å². The van der Waals surface area contributed by atoms with Crippen molar-refractivity contribution in [1.82, 2.24) is 9.80 Å². The fraction of sp³-hybridized carbons (Fsp3) is 0.867. The van der Waals surface area contributed by atoms with Crippen molar-refractivity contribution in [2.45, 2.75) is 47.0 Å². The first-order chi connectivity index (χ1) is 9.14. The van der Waals surface area contributed by atoms with E-state index in [9.17, 15) is 4.79 Å². The molecule has 0 spiro atoms. The zero-order chi connectivity index (χ0) is 14.7. The molecule has 1 amide bonds. The molecule has 0 bridgehead atoms. The number of nitriles is 1. The van der Waals surface area contributed by atoms with Gasteiger partial charge in [-0.15, -0.1) is 0 Å². The maximum absolute atomic E-state index is 12.2. The fourth-order valence-corrected chi connectivity index (χ4v) is 2.20. The van der Waals surface area contributed by atoms with Gasteiger partial charge in [0, 0.05) is 13.1 Å². The van der Waals surface area contributed by atoms with Crippen molar-refractivity contribution in [3.8, 4) is 6.07 Å². The summed E-state index contributed by atoms with van der Waals surface area (Å²) in [5.41, 5.74) is 0. The minimum atomic E-state index is -0.460. The maximum atomic E-state index is 12.2. The molecule has 4 nitrogen and oxygen atoms in total. The summed E-state index contributed by atoms with van der Waals surface area (Å²) in [6.07, 6.45) is 2.52. The lowest BCUT2D eigenvalue weighted by Gasteiger charge is -2.25. The highest BCUT2D eigenvalue weighted by Crippen LogP contribution is 2.10. The number of nitrogens with zero attached hydrogens (tertiary/aromatic N) is 3. The van der Waals surface area contributed by atoms with E-state index in [1.54, 1.807) is 0 Å². The third kappa shape index (κ3) is 6.58. The van der Waals surface area contributed by atoms with Gasteiger partial charge in [0.1, 0.15) is 5.92 Å². The molecule has 1 atom stereocenters. The molecule has 0 N–H and O–H groups in total.